The van der Waals surface area contributed by atoms with E-state index in [4.69, 9.17) is 15.5 Å². The van der Waals surface area contributed by atoms with Crippen molar-refractivity contribution in [3.05, 3.63) is 10.6 Å². The molecule has 0 amide bonds. The maximum Gasteiger partial charge on any atom is 0.186 e. The van der Waals surface area contributed by atoms with Gasteiger partial charge in [-0.25, -0.2) is 4.98 Å². The number of thiazole rings is 1. The maximum atomic E-state index is 6.16. The third kappa shape index (κ3) is 3.76. The van der Waals surface area contributed by atoms with Crippen LogP contribution in [0.3, 0.4) is 0 Å². The Morgan fingerprint density at radius 2 is 1.86 bits per heavy atom. The SMILES string of the molecule is CCC(C)c1nc(N2CC(C)(C)OC(C)(C)C2)sc1CN. The molecule has 0 spiro atoms. The largest absolute Gasteiger partial charge is 0.366 e. The van der Waals surface area contributed by atoms with Crippen LogP contribution < -0.4 is 10.6 Å². The highest BCUT2D eigenvalue weighted by Crippen LogP contribution is 2.36. The molecule has 1 unspecified atom stereocenters. The Hall–Kier alpha value is -0.650. The molecule has 1 aromatic rings. The third-order valence-electron chi connectivity index (χ3n) is 3.95. The van der Waals surface area contributed by atoms with Gasteiger partial charge in [0.25, 0.3) is 0 Å². The lowest BCUT2D eigenvalue weighted by molar-refractivity contribution is -0.133. The van der Waals surface area contributed by atoms with Crippen molar-refractivity contribution in [3.8, 4) is 0 Å². The van der Waals surface area contributed by atoms with Crippen molar-refractivity contribution < 1.29 is 4.74 Å². The van der Waals surface area contributed by atoms with Gasteiger partial charge in [-0.15, -0.1) is 11.3 Å². The van der Waals surface area contributed by atoms with Gasteiger partial charge >= 0.3 is 0 Å². The van der Waals surface area contributed by atoms with E-state index in [2.05, 4.69) is 46.4 Å². The number of anilines is 1. The molecular weight excluding hydrogens is 282 g/mol. The van der Waals surface area contributed by atoms with E-state index < -0.39 is 0 Å². The van der Waals surface area contributed by atoms with Gasteiger partial charge in [0.2, 0.25) is 0 Å². The molecule has 1 aliphatic rings. The molecule has 0 aromatic carbocycles. The van der Waals surface area contributed by atoms with Gasteiger partial charge < -0.3 is 15.4 Å². The highest BCUT2D eigenvalue weighted by Gasteiger charge is 2.39. The summed E-state index contributed by atoms with van der Waals surface area (Å²) < 4.78 is 6.16. The van der Waals surface area contributed by atoms with Crippen LogP contribution in [0.4, 0.5) is 5.13 Å². The number of morpholine rings is 1. The molecule has 0 aliphatic carbocycles. The summed E-state index contributed by atoms with van der Waals surface area (Å²) in [5.41, 5.74) is 6.78. The molecule has 0 saturated carbocycles. The normalized spacial score (nSPS) is 22.3. The van der Waals surface area contributed by atoms with Crippen LogP contribution in [0.1, 0.15) is 64.5 Å². The average Bonchev–Trinajstić information content (AvgIpc) is 2.78. The van der Waals surface area contributed by atoms with Gasteiger partial charge in [0, 0.05) is 24.5 Å². The van der Waals surface area contributed by atoms with Crippen LogP contribution in [-0.2, 0) is 11.3 Å². The molecule has 1 saturated heterocycles. The first-order valence-electron chi connectivity index (χ1n) is 7.82. The molecule has 0 radical (unpaired) electrons. The first kappa shape index (κ1) is 16.7. The fraction of sp³-hybridized carbons (Fsp3) is 0.812. The summed E-state index contributed by atoms with van der Waals surface area (Å²) in [6.45, 7) is 15.3. The van der Waals surface area contributed by atoms with E-state index in [9.17, 15) is 0 Å². The van der Waals surface area contributed by atoms with Crippen LogP contribution in [-0.4, -0.2) is 29.3 Å². The first-order chi connectivity index (χ1) is 9.67. The van der Waals surface area contributed by atoms with E-state index in [1.807, 2.05) is 0 Å². The van der Waals surface area contributed by atoms with Gasteiger partial charge in [0.15, 0.2) is 5.13 Å². The van der Waals surface area contributed by atoms with Crippen LogP contribution >= 0.6 is 11.3 Å². The quantitative estimate of drug-likeness (QED) is 0.924. The zero-order chi connectivity index (χ0) is 15.8. The second kappa shape index (κ2) is 5.86. The van der Waals surface area contributed by atoms with Gasteiger partial charge in [0.05, 0.1) is 16.9 Å². The monoisotopic (exact) mass is 311 g/mol. The maximum absolute atomic E-state index is 6.16. The molecule has 120 valence electrons. The van der Waals surface area contributed by atoms with Gasteiger partial charge in [0.1, 0.15) is 0 Å². The summed E-state index contributed by atoms with van der Waals surface area (Å²) in [4.78, 5) is 8.50. The first-order valence-corrected chi connectivity index (χ1v) is 8.64. The highest BCUT2D eigenvalue weighted by molar-refractivity contribution is 7.15. The van der Waals surface area contributed by atoms with Crippen LogP contribution in [0.2, 0.25) is 0 Å². The Labute approximate surface area is 132 Å². The fourth-order valence-electron chi connectivity index (χ4n) is 3.13. The van der Waals surface area contributed by atoms with Crippen molar-refractivity contribution >= 4 is 16.5 Å². The number of hydrogen-bond acceptors (Lipinski definition) is 5. The van der Waals surface area contributed by atoms with E-state index in [1.165, 1.54) is 10.6 Å². The number of nitrogens with two attached hydrogens (primary N) is 1. The molecule has 2 rings (SSSR count). The Morgan fingerprint density at radius 3 is 2.33 bits per heavy atom. The molecule has 2 heterocycles. The van der Waals surface area contributed by atoms with Crippen molar-refractivity contribution in [2.75, 3.05) is 18.0 Å². The van der Waals surface area contributed by atoms with E-state index in [0.717, 1.165) is 24.6 Å². The predicted octanol–water partition coefficient (Wildman–Crippen LogP) is 3.51. The van der Waals surface area contributed by atoms with E-state index in [0.29, 0.717) is 12.5 Å². The zero-order valence-corrected chi connectivity index (χ0v) is 15.0. The summed E-state index contributed by atoms with van der Waals surface area (Å²) >= 11 is 1.75. The van der Waals surface area contributed by atoms with Gasteiger partial charge in [-0.2, -0.15) is 0 Å². The minimum Gasteiger partial charge on any atom is -0.366 e. The lowest BCUT2D eigenvalue weighted by Gasteiger charge is -2.47. The molecule has 1 fully saturated rings. The second-order valence-electron chi connectivity index (χ2n) is 7.30. The number of aromatic nitrogens is 1. The third-order valence-corrected chi connectivity index (χ3v) is 5.10. The molecule has 2 N–H and O–H groups in total. The Morgan fingerprint density at radius 1 is 1.29 bits per heavy atom. The van der Waals surface area contributed by atoms with E-state index in [-0.39, 0.29) is 11.2 Å². The summed E-state index contributed by atoms with van der Waals surface area (Å²) in [6, 6.07) is 0. The van der Waals surface area contributed by atoms with Gasteiger partial charge in [-0.3, -0.25) is 0 Å². The number of rotatable bonds is 4. The summed E-state index contributed by atoms with van der Waals surface area (Å²) in [7, 11) is 0. The molecule has 1 aromatic heterocycles. The topological polar surface area (TPSA) is 51.4 Å². The van der Waals surface area contributed by atoms with Crippen molar-refractivity contribution in [2.45, 2.75) is 71.6 Å². The smallest absolute Gasteiger partial charge is 0.186 e. The second-order valence-corrected chi connectivity index (χ2v) is 8.36. The van der Waals surface area contributed by atoms with Crippen LogP contribution in [0, 0.1) is 0 Å². The molecular formula is C16H29N3OS. The minimum atomic E-state index is -0.160. The van der Waals surface area contributed by atoms with Crippen LogP contribution in [0.5, 0.6) is 0 Å². The van der Waals surface area contributed by atoms with Crippen molar-refractivity contribution in [1.29, 1.82) is 0 Å². The molecule has 1 atom stereocenters. The van der Waals surface area contributed by atoms with Crippen molar-refractivity contribution in [3.63, 3.8) is 0 Å². The van der Waals surface area contributed by atoms with Gasteiger partial charge in [-0.1, -0.05) is 13.8 Å². The van der Waals surface area contributed by atoms with Crippen LogP contribution in [0.15, 0.2) is 0 Å². The Balaban J connectivity index is 2.31. The fourth-order valence-corrected chi connectivity index (χ4v) is 4.19. The zero-order valence-electron chi connectivity index (χ0n) is 14.2. The summed E-state index contributed by atoms with van der Waals surface area (Å²) in [5.74, 6) is 0.468. The van der Waals surface area contributed by atoms with E-state index >= 15 is 0 Å². The minimum absolute atomic E-state index is 0.160. The molecule has 21 heavy (non-hydrogen) atoms. The van der Waals surface area contributed by atoms with Crippen LogP contribution in [0.25, 0.3) is 0 Å². The van der Waals surface area contributed by atoms with Crippen molar-refractivity contribution in [2.24, 2.45) is 5.73 Å². The number of hydrogen-bond donors (Lipinski definition) is 1. The summed E-state index contributed by atoms with van der Waals surface area (Å²) in [5, 5.41) is 1.09. The van der Waals surface area contributed by atoms with Gasteiger partial charge in [-0.05, 0) is 40.0 Å². The number of nitrogens with zero attached hydrogens (tertiary/aromatic N) is 2. The Kier molecular flexibility index (Phi) is 4.66. The average molecular weight is 311 g/mol. The molecule has 1 aliphatic heterocycles. The lowest BCUT2D eigenvalue weighted by atomic mass is 9.99. The predicted molar refractivity (Wildman–Crippen MR) is 90.2 cm³/mol. The highest BCUT2D eigenvalue weighted by atomic mass is 32.1. The molecule has 4 nitrogen and oxygen atoms in total. The number of ether oxygens (including phenoxy) is 1. The van der Waals surface area contributed by atoms with E-state index in [1.54, 1.807) is 11.3 Å². The molecule has 5 heteroatoms. The Bertz CT molecular complexity index is 480. The molecule has 0 bridgehead atoms. The summed E-state index contributed by atoms with van der Waals surface area (Å²) in [6.07, 6.45) is 1.09. The lowest BCUT2D eigenvalue weighted by Crippen LogP contribution is -2.57. The standard InChI is InChI=1S/C16H29N3OS/c1-7-11(2)13-12(8-17)21-14(18-13)19-9-15(3,4)20-16(5,6)10-19/h11H,7-10,17H2,1-6H3. The van der Waals surface area contributed by atoms with Crippen molar-refractivity contribution in [1.82, 2.24) is 4.98 Å².